The van der Waals surface area contributed by atoms with Gasteiger partial charge in [-0.05, 0) is 43.5 Å². The molecule has 1 aromatic rings. The molecule has 0 saturated carbocycles. The summed E-state index contributed by atoms with van der Waals surface area (Å²) in [5.41, 5.74) is 3.08. The van der Waals surface area contributed by atoms with Crippen LogP contribution in [-0.4, -0.2) is 24.5 Å². The van der Waals surface area contributed by atoms with Gasteiger partial charge in [-0.2, -0.15) is 5.26 Å². The highest BCUT2D eigenvalue weighted by Gasteiger charge is 2.28. The van der Waals surface area contributed by atoms with Crippen LogP contribution in [0.1, 0.15) is 29.9 Å². The third kappa shape index (κ3) is 2.08. The van der Waals surface area contributed by atoms with Crippen LogP contribution in [0, 0.1) is 17.2 Å². The molecule has 2 aliphatic rings. The first-order valence-corrected chi connectivity index (χ1v) is 6.56. The van der Waals surface area contributed by atoms with E-state index in [-0.39, 0.29) is 0 Å². The molecule has 1 atom stereocenters. The number of nitrogens with zero attached hydrogens (tertiary/aromatic N) is 2. The standard InChI is InChI=1S/C15H18N2/c16-10-12-5-7-17(8-6-12)11-14-9-13-3-1-2-4-15(13)14/h1-4,12,14H,5-9,11H2. The Kier molecular flexibility index (Phi) is 2.86. The lowest BCUT2D eigenvalue weighted by molar-refractivity contribution is 0.189. The van der Waals surface area contributed by atoms with Gasteiger partial charge in [0, 0.05) is 18.4 Å². The lowest BCUT2D eigenvalue weighted by atomic mass is 9.77. The lowest BCUT2D eigenvalue weighted by Crippen LogP contribution is -2.38. The summed E-state index contributed by atoms with van der Waals surface area (Å²) < 4.78 is 0. The quantitative estimate of drug-likeness (QED) is 0.775. The molecule has 0 radical (unpaired) electrons. The highest BCUT2D eigenvalue weighted by atomic mass is 15.1. The first-order chi connectivity index (χ1) is 8.36. The van der Waals surface area contributed by atoms with Crippen LogP contribution < -0.4 is 0 Å². The Balaban J connectivity index is 1.55. The normalized spacial score (nSPS) is 24.8. The van der Waals surface area contributed by atoms with Gasteiger partial charge in [0.2, 0.25) is 0 Å². The van der Waals surface area contributed by atoms with Crippen molar-refractivity contribution in [1.82, 2.24) is 4.90 Å². The van der Waals surface area contributed by atoms with Crippen molar-refractivity contribution in [1.29, 1.82) is 5.26 Å². The SMILES string of the molecule is N#CC1CCN(CC2Cc3ccccc32)CC1. The molecule has 2 heteroatoms. The number of rotatable bonds is 2. The van der Waals surface area contributed by atoms with E-state index in [1.54, 1.807) is 5.56 Å². The van der Waals surface area contributed by atoms with E-state index in [4.69, 9.17) is 5.26 Å². The Bertz CT molecular complexity index is 438. The van der Waals surface area contributed by atoms with E-state index >= 15 is 0 Å². The van der Waals surface area contributed by atoms with Crippen molar-refractivity contribution >= 4 is 0 Å². The molecule has 1 aliphatic heterocycles. The Labute approximate surface area is 103 Å². The molecule has 17 heavy (non-hydrogen) atoms. The molecule has 0 spiro atoms. The van der Waals surface area contributed by atoms with Crippen molar-refractivity contribution in [3.05, 3.63) is 35.4 Å². The Hall–Kier alpha value is -1.33. The van der Waals surface area contributed by atoms with Gasteiger partial charge in [-0.15, -0.1) is 0 Å². The van der Waals surface area contributed by atoms with E-state index < -0.39 is 0 Å². The van der Waals surface area contributed by atoms with E-state index in [2.05, 4.69) is 35.2 Å². The molecule has 3 rings (SSSR count). The fourth-order valence-electron chi connectivity index (χ4n) is 3.08. The van der Waals surface area contributed by atoms with Crippen molar-refractivity contribution < 1.29 is 0 Å². The Morgan fingerprint density at radius 2 is 2.00 bits per heavy atom. The first kappa shape index (κ1) is 10.8. The maximum atomic E-state index is 8.88. The first-order valence-electron chi connectivity index (χ1n) is 6.56. The number of piperidine rings is 1. The zero-order valence-electron chi connectivity index (χ0n) is 10.1. The number of nitriles is 1. The number of fused-ring (bicyclic) bond motifs is 1. The van der Waals surface area contributed by atoms with Crippen LogP contribution in [0.25, 0.3) is 0 Å². The molecular formula is C15H18N2. The predicted octanol–water partition coefficient (Wildman–Crippen LogP) is 2.56. The van der Waals surface area contributed by atoms with Gasteiger partial charge < -0.3 is 4.90 Å². The fraction of sp³-hybridized carbons (Fsp3) is 0.533. The van der Waals surface area contributed by atoms with Gasteiger partial charge >= 0.3 is 0 Å². The second kappa shape index (κ2) is 4.50. The van der Waals surface area contributed by atoms with Crippen LogP contribution in [0.4, 0.5) is 0 Å². The molecule has 0 amide bonds. The zero-order valence-corrected chi connectivity index (χ0v) is 10.1. The Morgan fingerprint density at radius 1 is 1.24 bits per heavy atom. The van der Waals surface area contributed by atoms with Gasteiger partial charge in [0.25, 0.3) is 0 Å². The largest absolute Gasteiger partial charge is 0.303 e. The number of hydrogen-bond acceptors (Lipinski definition) is 2. The van der Waals surface area contributed by atoms with Gasteiger partial charge in [0.1, 0.15) is 0 Å². The molecule has 1 aromatic carbocycles. The van der Waals surface area contributed by atoms with Crippen LogP contribution >= 0.6 is 0 Å². The summed E-state index contributed by atoms with van der Waals surface area (Å²) in [6.07, 6.45) is 3.37. The van der Waals surface area contributed by atoms with Crippen molar-refractivity contribution in [2.24, 2.45) is 5.92 Å². The van der Waals surface area contributed by atoms with E-state index in [0.717, 1.165) is 31.8 Å². The molecule has 88 valence electrons. The predicted molar refractivity (Wildman–Crippen MR) is 67.7 cm³/mol. The highest BCUT2D eigenvalue weighted by molar-refractivity contribution is 5.40. The maximum Gasteiger partial charge on any atom is 0.0656 e. The molecule has 0 bridgehead atoms. The number of likely N-dealkylation sites (tertiary alicyclic amines) is 1. The molecule has 1 heterocycles. The lowest BCUT2D eigenvalue weighted by Gasteiger charge is -2.37. The molecule has 1 fully saturated rings. The van der Waals surface area contributed by atoms with Gasteiger partial charge in [0.05, 0.1) is 6.07 Å². The third-order valence-corrected chi connectivity index (χ3v) is 4.21. The monoisotopic (exact) mass is 226 g/mol. The Morgan fingerprint density at radius 3 is 2.71 bits per heavy atom. The van der Waals surface area contributed by atoms with Gasteiger partial charge in [0.15, 0.2) is 0 Å². The topological polar surface area (TPSA) is 27.0 Å². The molecule has 0 aromatic heterocycles. The summed E-state index contributed by atoms with van der Waals surface area (Å²) in [5.74, 6) is 1.05. The van der Waals surface area contributed by atoms with Crippen molar-refractivity contribution in [3.8, 4) is 6.07 Å². The summed E-state index contributed by atoms with van der Waals surface area (Å²) in [6, 6.07) is 11.2. The van der Waals surface area contributed by atoms with E-state index in [9.17, 15) is 0 Å². The second-order valence-corrected chi connectivity index (χ2v) is 5.30. The minimum absolute atomic E-state index is 0.305. The smallest absolute Gasteiger partial charge is 0.0656 e. The zero-order chi connectivity index (χ0) is 11.7. The minimum Gasteiger partial charge on any atom is -0.303 e. The van der Waals surface area contributed by atoms with Gasteiger partial charge in [-0.3, -0.25) is 0 Å². The molecule has 0 N–H and O–H groups in total. The summed E-state index contributed by atoms with van der Waals surface area (Å²) in [5, 5.41) is 8.88. The van der Waals surface area contributed by atoms with Crippen LogP contribution in [0.3, 0.4) is 0 Å². The molecule has 1 saturated heterocycles. The number of hydrogen-bond donors (Lipinski definition) is 0. The molecule has 2 nitrogen and oxygen atoms in total. The summed E-state index contributed by atoms with van der Waals surface area (Å²) in [4.78, 5) is 2.54. The fourth-order valence-corrected chi connectivity index (χ4v) is 3.08. The van der Waals surface area contributed by atoms with Crippen LogP contribution in [-0.2, 0) is 6.42 Å². The highest BCUT2D eigenvalue weighted by Crippen LogP contribution is 2.35. The molecule has 1 unspecified atom stereocenters. The summed E-state index contributed by atoms with van der Waals surface area (Å²) >= 11 is 0. The van der Waals surface area contributed by atoms with Crippen LogP contribution in [0.5, 0.6) is 0 Å². The van der Waals surface area contributed by atoms with Crippen molar-refractivity contribution in [3.63, 3.8) is 0 Å². The van der Waals surface area contributed by atoms with Crippen molar-refractivity contribution in [2.75, 3.05) is 19.6 Å². The summed E-state index contributed by atoms with van der Waals surface area (Å²) in [6.45, 7) is 3.41. The van der Waals surface area contributed by atoms with Gasteiger partial charge in [-0.1, -0.05) is 24.3 Å². The van der Waals surface area contributed by atoms with Crippen molar-refractivity contribution in [2.45, 2.75) is 25.2 Å². The van der Waals surface area contributed by atoms with E-state index in [1.807, 2.05) is 0 Å². The van der Waals surface area contributed by atoms with E-state index in [1.165, 1.54) is 18.5 Å². The average molecular weight is 226 g/mol. The second-order valence-electron chi connectivity index (χ2n) is 5.30. The summed E-state index contributed by atoms with van der Waals surface area (Å²) in [7, 11) is 0. The minimum atomic E-state index is 0.305. The van der Waals surface area contributed by atoms with Crippen LogP contribution in [0.2, 0.25) is 0 Å². The number of benzene rings is 1. The molecular weight excluding hydrogens is 208 g/mol. The average Bonchev–Trinajstić information content (AvgIpc) is 2.37. The van der Waals surface area contributed by atoms with Crippen LogP contribution in [0.15, 0.2) is 24.3 Å². The molecule has 1 aliphatic carbocycles. The van der Waals surface area contributed by atoms with Gasteiger partial charge in [-0.25, -0.2) is 0 Å². The van der Waals surface area contributed by atoms with E-state index in [0.29, 0.717) is 5.92 Å². The maximum absolute atomic E-state index is 8.88. The third-order valence-electron chi connectivity index (χ3n) is 4.21.